The van der Waals surface area contributed by atoms with E-state index in [9.17, 15) is 13.2 Å². The van der Waals surface area contributed by atoms with Crippen LogP contribution in [0.3, 0.4) is 0 Å². The lowest BCUT2D eigenvalue weighted by molar-refractivity contribution is -0.120. The fourth-order valence-electron chi connectivity index (χ4n) is 2.95. The molecule has 1 saturated heterocycles. The van der Waals surface area contributed by atoms with Crippen LogP contribution in [0.5, 0.6) is 11.5 Å². The van der Waals surface area contributed by atoms with Crippen LogP contribution in [0.15, 0.2) is 48.5 Å². The minimum Gasteiger partial charge on any atom is -0.456 e. The lowest BCUT2D eigenvalue weighted by Crippen LogP contribution is -2.40. The van der Waals surface area contributed by atoms with Crippen molar-refractivity contribution in [3.63, 3.8) is 0 Å². The molecule has 1 fully saturated rings. The first-order valence-electron chi connectivity index (χ1n) is 8.61. The van der Waals surface area contributed by atoms with E-state index in [2.05, 4.69) is 5.32 Å². The van der Waals surface area contributed by atoms with Crippen molar-refractivity contribution >= 4 is 33.2 Å². The summed E-state index contributed by atoms with van der Waals surface area (Å²) in [6.07, 6.45) is 2.23. The highest BCUT2D eigenvalue weighted by molar-refractivity contribution is 7.88. The van der Waals surface area contributed by atoms with Crippen LogP contribution in [0.1, 0.15) is 12.8 Å². The molecule has 0 bridgehead atoms. The maximum absolute atomic E-state index is 12.4. The summed E-state index contributed by atoms with van der Waals surface area (Å²) < 4.78 is 30.2. The van der Waals surface area contributed by atoms with Gasteiger partial charge in [-0.05, 0) is 49.2 Å². The highest BCUT2D eigenvalue weighted by atomic mass is 35.5. The Morgan fingerprint density at radius 1 is 1.11 bits per heavy atom. The Balaban J connectivity index is 1.55. The number of sulfonamides is 1. The third-order valence-electron chi connectivity index (χ3n) is 4.48. The van der Waals surface area contributed by atoms with Gasteiger partial charge in [0.25, 0.3) is 0 Å². The lowest BCUT2D eigenvalue weighted by Gasteiger charge is -2.29. The van der Waals surface area contributed by atoms with Gasteiger partial charge in [0.05, 0.1) is 11.3 Å². The van der Waals surface area contributed by atoms with E-state index in [1.165, 1.54) is 10.6 Å². The standard InChI is InChI=1S/C19H21ClN2O4S/c1-27(24,25)22-12-10-14(11-13-22)19(23)21-15-6-8-16(9-7-15)26-18-5-3-2-4-17(18)20/h2-9,14H,10-13H2,1H3,(H,21,23). The van der Waals surface area contributed by atoms with Crippen LogP contribution in [-0.4, -0.2) is 38.0 Å². The average Bonchev–Trinajstić information content (AvgIpc) is 2.64. The number of ether oxygens (including phenoxy) is 1. The summed E-state index contributed by atoms with van der Waals surface area (Å²) in [4.78, 5) is 12.4. The second-order valence-corrected chi connectivity index (χ2v) is 8.87. The Labute approximate surface area is 164 Å². The van der Waals surface area contributed by atoms with Gasteiger partial charge >= 0.3 is 0 Å². The van der Waals surface area contributed by atoms with E-state index in [4.69, 9.17) is 16.3 Å². The van der Waals surface area contributed by atoms with Gasteiger partial charge in [-0.1, -0.05) is 23.7 Å². The summed E-state index contributed by atoms with van der Waals surface area (Å²) >= 11 is 6.08. The Morgan fingerprint density at radius 2 is 1.74 bits per heavy atom. The van der Waals surface area contributed by atoms with Crippen molar-refractivity contribution < 1.29 is 17.9 Å². The van der Waals surface area contributed by atoms with Gasteiger partial charge in [0.2, 0.25) is 15.9 Å². The summed E-state index contributed by atoms with van der Waals surface area (Å²) in [5.41, 5.74) is 0.664. The van der Waals surface area contributed by atoms with Gasteiger partial charge in [0, 0.05) is 24.7 Å². The molecule has 1 N–H and O–H groups in total. The molecule has 8 heteroatoms. The fraction of sp³-hybridized carbons (Fsp3) is 0.316. The maximum Gasteiger partial charge on any atom is 0.227 e. The molecule has 0 aromatic heterocycles. The molecular formula is C19H21ClN2O4S. The molecule has 1 heterocycles. The number of hydrogen-bond acceptors (Lipinski definition) is 4. The van der Waals surface area contributed by atoms with Crippen molar-refractivity contribution in [2.45, 2.75) is 12.8 Å². The molecule has 3 rings (SSSR count). The molecule has 144 valence electrons. The van der Waals surface area contributed by atoms with Gasteiger partial charge in [-0.15, -0.1) is 0 Å². The van der Waals surface area contributed by atoms with E-state index in [1.54, 1.807) is 36.4 Å². The largest absolute Gasteiger partial charge is 0.456 e. The minimum absolute atomic E-state index is 0.0945. The topological polar surface area (TPSA) is 75.7 Å². The monoisotopic (exact) mass is 408 g/mol. The van der Waals surface area contributed by atoms with Crippen LogP contribution in [0, 0.1) is 5.92 Å². The molecule has 1 amide bonds. The number of para-hydroxylation sites is 1. The Hall–Kier alpha value is -2.09. The fourth-order valence-corrected chi connectivity index (χ4v) is 4.00. The molecule has 27 heavy (non-hydrogen) atoms. The number of nitrogens with zero attached hydrogens (tertiary/aromatic N) is 1. The third kappa shape index (κ3) is 5.22. The van der Waals surface area contributed by atoms with E-state index >= 15 is 0 Å². The summed E-state index contributed by atoms with van der Waals surface area (Å²) in [5, 5.41) is 3.40. The van der Waals surface area contributed by atoms with Crippen LogP contribution in [0.25, 0.3) is 0 Å². The molecule has 1 aliphatic heterocycles. The Kier molecular flexibility index (Phi) is 6.04. The number of nitrogens with one attached hydrogen (secondary N) is 1. The smallest absolute Gasteiger partial charge is 0.227 e. The van der Waals surface area contributed by atoms with E-state index in [0.29, 0.717) is 48.1 Å². The quantitative estimate of drug-likeness (QED) is 0.817. The molecule has 1 aliphatic rings. The molecule has 0 atom stereocenters. The first-order valence-corrected chi connectivity index (χ1v) is 10.8. The average molecular weight is 409 g/mol. The van der Waals surface area contributed by atoms with E-state index in [0.717, 1.165) is 0 Å². The van der Waals surface area contributed by atoms with E-state index in [-0.39, 0.29) is 11.8 Å². The first kappa shape index (κ1) is 19.7. The number of benzene rings is 2. The van der Waals surface area contributed by atoms with Crippen molar-refractivity contribution in [1.29, 1.82) is 0 Å². The highest BCUT2D eigenvalue weighted by Crippen LogP contribution is 2.29. The number of hydrogen-bond donors (Lipinski definition) is 1. The number of carbonyl (C=O) groups excluding carboxylic acids is 1. The molecule has 2 aromatic rings. The van der Waals surface area contributed by atoms with Crippen molar-refractivity contribution in [2.24, 2.45) is 5.92 Å². The van der Waals surface area contributed by atoms with Gasteiger partial charge in [-0.2, -0.15) is 0 Å². The SMILES string of the molecule is CS(=O)(=O)N1CCC(C(=O)Nc2ccc(Oc3ccccc3Cl)cc2)CC1. The van der Waals surface area contributed by atoms with Gasteiger partial charge in [-0.25, -0.2) is 12.7 Å². The Bertz CT molecular complexity index is 908. The van der Waals surface area contributed by atoms with Gasteiger partial charge in [-0.3, -0.25) is 4.79 Å². The predicted molar refractivity (Wildman–Crippen MR) is 106 cm³/mol. The van der Waals surface area contributed by atoms with Gasteiger partial charge in [0.1, 0.15) is 11.5 Å². The summed E-state index contributed by atoms with van der Waals surface area (Å²) in [6, 6.07) is 14.2. The zero-order valence-corrected chi connectivity index (χ0v) is 16.5. The number of carbonyl (C=O) groups is 1. The van der Waals surface area contributed by atoms with Crippen molar-refractivity contribution in [2.75, 3.05) is 24.7 Å². The molecule has 0 spiro atoms. The summed E-state index contributed by atoms with van der Waals surface area (Å²) in [6.45, 7) is 0.753. The number of piperidine rings is 1. The van der Waals surface area contributed by atoms with Crippen LogP contribution in [-0.2, 0) is 14.8 Å². The first-order chi connectivity index (χ1) is 12.8. The molecule has 0 saturated carbocycles. The van der Waals surface area contributed by atoms with Crippen LogP contribution in [0.4, 0.5) is 5.69 Å². The third-order valence-corrected chi connectivity index (χ3v) is 6.10. The zero-order chi connectivity index (χ0) is 19.4. The number of halogens is 1. The van der Waals surface area contributed by atoms with E-state index < -0.39 is 10.0 Å². The number of amides is 1. The van der Waals surface area contributed by atoms with Crippen LogP contribution < -0.4 is 10.1 Å². The number of anilines is 1. The molecule has 0 aliphatic carbocycles. The normalized spacial score (nSPS) is 16.1. The molecule has 0 radical (unpaired) electrons. The molecule has 2 aromatic carbocycles. The van der Waals surface area contributed by atoms with Crippen molar-refractivity contribution in [3.8, 4) is 11.5 Å². The van der Waals surface area contributed by atoms with E-state index in [1.807, 2.05) is 12.1 Å². The minimum atomic E-state index is -3.19. The summed E-state index contributed by atoms with van der Waals surface area (Å²) in [5.74, 6) is 0.890. The lowest BCUT2D eigenvalue weighted by atomic mass is 9.97. The molecular weight excluding hydrogens is 388 g/mol. The summed E-state index contributed by atoms with van der Waals surface area (Å²) in [7, 11) is -3.19. The number of rotatable bonds is 5. The van der Waals surface area contributed by atoms with Crippen molar-refractivity contribution in [3.05, 3.63) is 53.6 Å². The molecule has 6 nitrogen and oxygen atoms in total. The highest BCUT2D eigenvalue weighted by Gasteiger charge is 2.28. The predicted octanol–water partition coefficient (Wildman–Crippen LogP) is 3.74. The van der Waals surface area contributed by atoms with Crippen molar-refractivity contribution in [1.82, 2.24) is 4.31 Å². The van der Waals surface area contributed by atoms with Crippen LogP contribution in [0.2, 0.25) is 5.02 Å². The Morgan fingerprint density at radius 3 is 2.33 bits per heavy atom. The van der Waals surface area contributed by atoms with Gasteiger partial charge in [0.15, 0.2) is 0 Å². The second kappa shape index (κ2) is 8.29. The maximum atomic E-state index is 12.4. The van der Waals surface area contributed by atoms with Gasteiger partial charge < -0.3 is 10.1 Å². The van der Waals surface area contributed by atoms with Crippen LogP contribution >= 0.6 is 11.6 Å². The molecule has 0 unspecified atom stereocenters. The zero-order valence-electron chi connectivity index (χ0n) is 14.9. The second-order valence-electron chi connectivity index (χ2n) is 6.48.